The van der Waals surface area contributed by atoms with Crippen molar-refractivity contribution >= 4 is 23.5 Å². The Labute approximate surface area is 129 Å². The summed E-state index contributed by atoms with van der Waals surface area (Å²) >= 11 is 5.96. The number of nitrogens with zero attached hydrogens (tertiary/aromatic N) is 1. The predicted octanol–water partition coefficient (Wildman–Crippen LogP) is 3.34. The first kappa shape index (κ1) is 14.4. The third kappa shape index (κ3) is 2.42. The molecule has 1 saturated carbocycles. The Hall–Kier alpha value is -1.55. The van der Waals surface area contributed by atoms with Crippen LogP contribution in [-0.4, -0.2) is 22.4 Å². The molecule has 1 spiro atoms. The lowest BCUT2D eigenvalue weighted by atomic mass is 9.73. The van der Waals surface area contributed by atoms with Crippen molar-refractivity contribution in [3.63, 3.8) is 0 Å². The van der Waals surface area contributed by atoms with Crippen LogP contribution in [0.5, 0.6) is 0 Å². The van der Waals surface area contributed by atoms with Crippen molar-refractivity contribution in [1.29, 1.82) is 0 Å². The van der Waals surface area contributed by atoms with E-state index < -0.39 is 5.54 Å². The Morgan fingerprint density at radius 3 is 2.90 bits per heavy atom. The molecule has 1 heterocycles. The molecule has 2 unspecified atom stereocenters. The molecule has 2 fully saturated rings. The van der Waals surface area contributed by atoms with E-state index in [9.17, 15) is 9.59 Å². The second-order valence-electron chi connectivity index (χ2n) is 6.07. The highest BCUT2D eigenvalue weighted by Gasteiger charge is 2.54. The van der Waals surface area contributed by atoms with Crippen molar-refractivity contribution in [3.05, 3.63) is 34.9 Å². The smallest absolute Gasteiger partial charge is 0.323 e. The maximum atomic E-state index is 12.8. The molecule has 1 aromatic rings. The standard InChI is InChI=1S/C16H19ClN2O2/c1-11-5-2-3-8-16(11)14(20)19(15(21)18-16)10-12-6-4-7-13(17)9-12/h4,6-7,9,11H,2-3,5,8,10H2,1H3,(H,18,21). The van der Waals surface area contributed by atoms with Gasteiger partial charge in [-0.1, -0.05) is 43.5 Å². The molecule has 112 valence electrons. The zero-order valence-electron chi connectivity index (χ0n) is 12.1. The first-order chi connectivity index (χ1) is 10.0. The molecule has 21 heavy (non-hydrogen) atoms. The van der Waals surface area contributed by atoms with E-state index >= 15 is 0 Å². The van der Waals surface area contributed by atoms with Crippen LogP contribution in [0.4, 0.5) is 4.79 Å². The van der Waals surface area contributed by atoms with Gasteiger partial charge in [0.15, 0.2) is 0 Å². The highest BCUT2D eigenvalue weighted by atomic mass is 35.5. The molecule has 1 aromatic carbocycles. The Morgan fingerprint density at radius 1 is 1.38 bits per heavy atom. The van der Waals surface area contributed by atoms with E-state index in [1.165, 1.54) is 4.90 Å². The van der Waals surface area contributed by atoms with Crippen LogP contribution < -0.4 is 5.32 Å². The van der Waals surface area contributed by atoms with Crippen LogP contribution >= 0.6 is 11.6 Å². The fourth-order valence-corrected chi connectivity index (χ4v) is 3.67. The van der Waals surface area contributed by atoms with Gasteiger partial charge in [0.05, 0.1) is 6.54 Å². The van der Waals surface area contributed by atoms with Crippen molar-refractivity contribution < 1.29 is 9.59 Å². The molecule has 3 rings (SSSR count). The lowest BCUT2D eigenvalue weighted by Crippen LogP contribution is -2.53. The minimum Gasteiger partial charge on any atom is -0.323 e. The van der Waals surface area contributed by atoms with Crippen LogP contribution in [0.1, 0.15) is 38.2 Å². The number of imide groups is 1. The zero-order valence-corrected chi connectivity index (χ0v) is 12.8. The average molecular weight is 307 g/mol. The fraction of sp³-hybridized carbons (Fsp3) is 0.500. The van der Waals surface area contributed by atoms with Gasteiger partial charge < -0.3 is 5.32 Å². The normalized spacial score (nSPS) is 29.0. The molecule has 0 radical (unpaired) electrons. The maximum absolute atomic E-state index is 12.8. The minimum absolute atomic E-state index is 0.0836. The van der Waals surface area contributed by atoms with Gasteiger partial charge in [-0.3, -0.25) is 9.69 Å². The molecule has 1 saturated heterocycles. The Bertz CT molecular complexity index is 589. The van der Waals surface area contributed by atoms with Crippen molar-refractivity contribution in [2.24, 2.45) is 5.92 Å². The van der Waals surface area contributed by atoms with Crippen LogP contribution in [0.3, 0.4) is 0 Å². The average Bonchev–Trinajstić information content (AvgIpc) is 2.68. The lowest BCUT2D eigenvalue weighted by Gasteiger charge is -2.36. The summed E-state index contributed by atoms with van der Waals surface area (Å²) in [5.41, 5.74) is 0.181. The Kier molecular flexibility index (Phi) is 3.66. The summed E-state index contributed by atoms with van der Waals surface area (Å²) in [7, 11) is 0. The number of nitrogens with one attached hydrogen (secondary N) is 1. The maximum Gasteiger partial charge on any atom is 0.325 e. The van der Waals surface area contributed by atoms with Crippen LogP contribution in [-0.2, 0) is 11.3 Å². The van der Waals surface area contributed by atoms with Crippen molar-refractivity contribution in [1.82, 2.24) is 10.2 Å². The van der Waals surface area contributed by atoms with Gasteiger partial charge in [-0.05, 0) is 36.5 Å². The quantitative estimate of drug-likeness (QED) is 0.852. The van der Waals surface area contributed by atoms with Gasteiger partial charge >= 0.3 is 6.03 Å². The van der Waals surface area contributed by atoms with E-state index in [1.54, 1.807) is 12.1 Å². The SMILES string of the molecule is CC1CCCCC12NC(=O)N(Cc1cccc(Cl)c1)C2=O. The topological polar surface area (TPSA) is 49.4 Å². The summed E-state index contributed by atoms with van der Waals surface area (Å²) in [6.07, 6.45) is 3.84. The van der Waals surface area contributed by atoms with Gasteiger partial charge in [-0.2, -0.15) is 0 Å². The summed E-state index contributed by atoms with van der Waals surface area (Å²) in [5.74, 6) is 0.103. The fourth-order valence-electron chi connectivity index (χ4n) is 3.46. The Balaban J connectivity index is 1.84. The van der Waals surface area contributed by atoms with E-state index in [4.69, 9.17) is 11.6 Å². The molecule has 1 aliphatic carbocycles. The highest BCUT2D eigenvalue weighted by molar-refractivity contribution is 6.30. The molecule has 2 atom stereocenters. The zero-order chi connectivity index (χ0) is 15.0. The van der Waals surface area contributed by atoms with E-state index in [1.807, 2.05) is 12.1 Å². The number of halogens is 1. The van der Waals surface area contributed by atoms with E-state index in [0.29, 0.717) is 5.02 Å². The lowest BCUT2D eigenvalue weighted by molar-refractivity contribution is -0.134. The molecule has 1 aliphatic heterocycles. The first-order valence-corrected chi connectivity index (χ1v) is 7.79. The second kappa shape index (κ2) is 5.34. The second-order valence-corrected chi connectivity index (χ2v) is 6.51. The number of amides is 3. The van der Waals surface area contributed by atoms with Gasteiger partial charge in [0.2, 0.25) is 0 Å². The van der Waals surface area contributed by atoms with E-state index in [2.05, 4.69) is 12.2 Å². The number of hydrogen-bond donors (Lipinski definition) is 1. The molecular weight excluding hydrogens is 288 g/mol. The van der Waals surface area contributed by atoms with Gasteiger partial charge in [-0.15, -0.1) is 0 Å². The number of hydrogen-bond acceptors (Lipinski definition) is 2. The molecule has 1 N–H and O–H groups in total. The van der Waals surface area contributed by atoms with Crippen LogP contribution in [0, 0.1) is 5.92 Å². The summed E-state index contributed by atoms with van der Waals surface area (Å²) in [6.45, 7) is 2.33. The van der Waals surface area contributed by atoms with Crippen molar-refractivity contribution in [3.8, 4) is 0 Å². The number of urea groups is 1. The van der Waals surface area contributed by atoms with Gasteiger partial charge in [0, 0.05) is 5.02 Å². The monoisotopic (exact) mass is 306 g/mol. The number of benzene rings is 1. The van der Waals surface area contributed by atoms with Gasteiger partial charge in [0.25, 0.3) is 5.91 Å². The van der Waals surface area contributed by atoms with Crippen LogP contribution in [0.25, 0.3) is 0 Å². The Morgan fingerprint density at radius 2 is 2.19 bits per heavy atom. The number of carbonyl (C=O) groups is 2. The van der Waals surface area contributed by atoms with E-state index in [0.717, 1.165) is 31.2 Å². The summed E-state index contributed by atoms with van der Waals surface area (Å²) in [5, 5.41) is 3.57. The number of rotatable bonds is 2. The largest absolute Gasteiger partial charge is 0.325 e. The molecule has 3 amide bonds. The van der Waals surface area contributed by atoms with Gasteiger partial charge in [-0.25, -0.2) is 4.79 Å². The summed E-state index contributed by atoms with van der Waals surface area (Å²) in [4.78, 5) is 26.4. The summed E-state index contributed by atoms with van der Waals surface area (Å²) in [6, 6.07) is 6.99. The minimum atomic E-state index is -0.687. The molecule has 4 nitrogen and oxygen atoms in total. The van der Waals surface area contributed by atoms with Crippen molar-refractivity contribution in [2.75, 3.05) is 0 Å². The van der Waals surface area contributed by atoms with Gasteiger partial charge in [0.1, 0.15) is 5.54 Å². The van der Waals surface area contributed by atoms with E-state index in [-0.39, 0.29) is 24.4 Å². The number of carbonyl (C=O) groups excluding carboxylic acids is 2. The predicted molar refractivity (Wildman–Crippen MR) is 80.9 cm³/mol. The molecule has 2 aliphatic rings. The summed E-state index contributed by atoms with van der Waals surface area (Å²) < 4.78 is 0. The molecular formula is C16H19ClN2O2. The van der Waals surface area contributed by atoms with Crippen LogP contribution in [0.2, 0.25) is 5.02 Å². The third-order valence-corrected chi connectivity index (χ3v) is 4.97. The third-order valence-electron chi connectivity index (χ3n) is 4.73. The molecule has 5 heteroatoms. The molecule has 0 aromatic heterocycles. The van der Waals surface area contributed by atoms with Crippen LogP contribution in [0.15, 0.2) is 24.3 Å². The highest BCUT2D eigenvalue weighted by Crippen LogP contribution is 2.38. The van der Waals surface area contributed by atoms with Crippen molar-refractivity contribution in [2.45, 2.75) is 44.7 Å². The molecule has 0 bridgehead atoms. The first-order valence-electron chi connectivity index (χ1n) is 7.41.